The third-order valence-corrected chi connectivity index (χ3v) is 3.56. The third kappa shape index (κ3) is 2.50. The van der Waals surface area contributed by atoms with E-state index in [0.717, 1.165) is 35.8 Å². The van der Waals surface area contributed by atoms with E-state index in [-0.39, 0.29) is 0 Å². The van der Waals surface area contributed by atoms with E-state index in [4.69, 9.17) is 10.6 Å². The average Bonchev–Trinajstić information content (AvgIpc) is 2.71. The van der Waals surface area contributed by atoms with Crippen LogP contribution in [0.5, 0.6) is 5.75 Å². The summed E-state index contributed by atoms with van der Waals surface area (Å²) < 4.78 is 5.80. The van der Waals surface area contributed by atoms with Gasteiger partial charge in [0.05, 0.1) is 12.3 Å². The van der Waals surface area contributed by atoms with E-state index in [1.807, 2.05) is 38.1 Å². The number of para-hydroxylation sites is 2. The van der Waals surface area contributed by atoms with E-state index in [1.165, 1.54) is 0 Å². The Balaban J connectivity index is 2.14. The molecule has 3 N–H and O–H groups in total. The van der Waals surface area contributed by atoms with E-state index in [1.54, 1.807) is 0 Å². The van der Waals surface area contributed by atoms with Gasteiger partial charge in [0.2, 0.25) is 0 Å². The topological polar surface area (TPSA) is 76.3 Å². The second kappa shape index (κ2) is 5.57. The standard InChI is InChI=1S/C15H19N5O/c1-10-14(19-16)17-11(2)18-15(10)20-8-5-9-21-13-7-4-3-6-12(13)20/h3-4,6-7H,5,8-9,16H2,1-2H3,(H,17,18,19). The molecule has 0 fully saturated rings. The van der Waals surface area contributed by atoms with Crippen LogP contribution >= 0.6 is 0 Å². The second-order valence-electron chi connectivity index (χ2n) is 5.03. The molecule has 1 aliphatic rings. The number of nitrogens with zero attached hydrogens (tertiary/aromatic N) is 3. The molecule has 0 aliphatic carbocycles. The minimum absolute atomic E-state index is 0.653. The van der Waals surface area contributed by atoms with E-state index in [9.17, 15) is 0 Å². The number of nitrogens with one attached hydrogen (secondary N) is 1. The van der Waals surface area contributed by atoms with Crippen molar-refractivity contribution in [1.82, 2.24) is 9.97 Å². The number of benzene rings is 1. The fourth-order valence-electron chi connectivity index (χ4n) is 2.56. The van der Waals surface area contributed by atoms with Crippen molar-refractivity contribution >= 4 is 17.3 Å². The fraction of sp³-hybridized carbons (Fsp3) is 0.333. The predicted molar refractivity (Wildman–Crippen MR) is 82.9 cm³/mol. The van der Waals surface area contributed by atoms with Crippen molar-refractivity contribution < 1.29 is 4.74 Å². The molecule has 0 radical (unpaired) electrons. The maximum Gasteiger partial charge on any atom is 0.148 e. The molecule has 0 bridgehead atoms. The summed E-state index contributed by atoms with van der Waals surface area (Å²) in [6.45, 7) is 5.39. The molecule has 1 aromatic carbocycles. The van der Waals surface area contributed by atoms with Crippen LogP contribution < -0.4 is 20.9 Å². The van der Waals surface area contributed by atoms with Gasteiger partial charge in [0.1, 0.15) is 23.2 Å². The number of aryl methyl sites for hydroxylation is 1. The lowest BCUT2D eigenvalue weighted by molar-refractivity contribution is 0.322. The first-order valence-corrected chi connectivity index (χ1v) is 7.02. The number of hydrogen-bond acceptors (Lipinski definition) is 6. The summed E-state index contributed by atoms with van der Waals surface area (Å²) in [5.74, 6) is 8.65. The first-order chi connectivity index (χ1) is 10.2. The van der Waals surface area contributed by atoms with Gasteiger partial charge in [0, 0.05) is 12.1 Å². The normalized spacial score (nSPS) is 14.1. The molecular weight excluding hydrogens is 266 g/mol. The molecule has 1 aliphatic heterocycles. The molecule has 21 heavy (non-hydrogen) atoms. The van der Waals surface area contributed by atoms with Gasteiger partial charge in [-0.15, -0.1) is 0 Å². The van der Waals surface area contributed by atoms with Gasteiger partial charge in [-0.1, -0.05) is 12.1 Å². The number of aromatic nitrogens is 2. The van der Waals surface area contributed by atoms with Crippen molar-refractivity contribution in [1.29, 1.82) is 0 Å². The number of hydrazine groups is 1. The van der Waals surface area contributed by atoms with Gasteiger partial charge in [-0.25, -0.2) is 15.8 Å². The molecule has 0 saturated heterocycles. The summed E-state index contributed by atoms with van der Waals surface area (Å²) in [5, 5.41) is 0. The second-order valence-corrected chi connectivity index (χ2v) is 5.03. The van der Waals surface area contributed by atoms with Crippen molar-refractivity contribution in [3.8, 4) is 5.75 Å². The Labute approximate surface area is 123 Å². The molecule has 2 aromatic rings. The Morgan fingerprint density at radius 3 is 2.86 bits per heavy atom. The summed E-state index contributed by atoms with van der Waals surface area (Å²) in [6, 6.07) is 8.02. The lowest BCUT2D eigenvalue weighted by Crippen LogP contribution is -2.22. The van der Waals surface area contributed by atoms with Crippen LogP contribution in [0.3, 0.4) is 0 Å². The number of rotatable bonds is 2. The van der Waals surface area contributed by atoms with Crippen LogP contribution in [0, 0.1) is 13.8 Å². The van der Waals surface area contributed by atoms with Crippen LogP contribution in [0.1, 0.15) is 17.8 Å². The minimum Gasteiger partial charge on any atom is -0.491 e. The van der Waals surface area contributed by atoms with Gasteiger partial charge in [-0.05, 0) is 32.4 Å². The first-order valence-electron chi connectivity index (χ1n) is 7.02. The van der Waals surface area contributed by atoms with E-state index in [2.05, 4.69) is 20.3 Å². The van der Waals surface area contributed by atoms with Crippen molar-refractivity contribution in [2.75, 3.05) is 23.5 Å². The zero-order valence-electron chi connectivity index (χ0n) is 12.3. The Kier molecular flexibility index (Phi) is 3.62. The van der Waals surface area contributed by atoms with Crippen LogP contribution in [0.25, 0.3) is 0 Å². The van der Waals surface area contributed by atoms with Crippen molar-refractivity contribution in [3.63, 3.8) is 0 Å². The van der Waals surface area contributed by atoms with Crippen LogP contribution in [0.2, 0.25) is 0 Å². The molecule has 0 unspecified atom stereocenters. The number of ether oxygens (including phenoxy) is 1. The van der Waals surface area contributed by atoms with Gasteiger partial charge < -0.3 is 15.1 Å². The molecular formula is C15H19N5O. The molecule has 0 amide bonds. The lowest BCUT2D eigenvalue weighted by atomic mass is 10.2. The van der Waals surface area contributed by atoms with Crippen LogP contribution in [0.4, 0.5) is 17.3 Å². The molecule has 0 atom stereocenters. The molecule has 6 heteroatoms. The molecule has 0 spiro atoms. The Morgan fingerprint density at radius 1 is 1.24 bits per heavy atom. The Morgan fingerprint density at radius 2 is 2.05 bits per heavy atom. The number of anilines is 3. The van der Waals surface area contributed by atoms with Crippen molar-refractivity contribution in [2.24, 2.45) is 5.84 Å². The molecule has 1 aromatic heterocycles. The first kappa shape index (κ1) is 13.6. The van der Waals surface area contributed by atoms with Crippen LogP contribution in [0.15, 0.2) is 24.3 Å². The van der Waals surface area contributed by atoms with E-state index < -0.39 is 0 Å². The lowest BCUT2D eigenvalue weighted by Gasteiger charge is -2.25. The van der Waals surface area contributed by atoms with Gasteiger partial charge in [0.25, 0.3) is 0 Å². The molecule has 6 nitrogen and oxygen atoms in total. The quantitative estimate of drug-likeness (QED) is 0.651. The third-order valence-electron chi connectivity index (χ3n) is 3.56. The summed E-state index contributed by atoms with van der Waals surface area (Å²) in [4.78, 5) is 11.1. The van der Waals surface area contributed by atoms with Gasteiger partial charge >= 0.3 is 0 Å². The number of hydrogen-bond donors (Lipinski definition) is 2. The summed E-state index contributed by atoms with van der Waals surface area (Å²) in [6.07, 6.45) is 0.933. The van der Waals surface area contributed by atoms with Crippen LogP contribution in [-0.4, -0.2) is 23.1 Å². The smallest absolute Gasteiger partial charge is 0.148 e. The number of nitrogens with two attached hydrogens (primary N) is 1. The summed E-state index contributed by atoms with van der Waals surface area (Å²) in [5.41, 5.74) is 4.60. The highest BCUT2D eigenvalue weighted by molar-refractivity contribution is 5.71. The molecule has 0 saturated carbocycles. The highest BCUT2D eigenvalue weighted by atomic mass is 16.5. The van der Waals surface area contributed by atoms with E-state index >= 15 is 0 Å². The van der Waals surface area contributed by atoms with Crippen LogP contribution in [-0.2, 0) is 0 Å². The highest BCUT2D eigenvalue weighted by Gasteiger charge is 2.21. The monoisotopic (exact) mass is 285 g/mol. The highest BCUT2D eigenvalue weighted by Crippen LogP contribution is 2.37. The van der Waals surface area contributed by atoms with Crippen molar-refractivity contribution in [2.45, 2.75) is 20.3 Å². The predicted octanol–water partition coefficient (Wildman–Crippen LogP) is 2.30. The number of nitrogen functional groups attached to an aromatic ring is 1. The SMILES string of the molecule is Cc1nc(NN)c(C)c(N2CCCOc3ccccc32)n1. The molecule has 3 rings (SSSR count). The fourth-order valence-corrected chi connectivity index (χ4v) is 2.56. The summed E-state index contributed by atoms with van der Waals surface area (Å²) in [7, 11) is 0. The van der Waals surface area contributed by atoms with Crippen molar-refractivity contribution in [3.05, 3.63) is 35.7 Å². The van der Waals surface area contributed by atoms with Gasteiger partial charge in [-0.3, -0.25) is 0 Å². The zero-order chi connectivity index (χ0) is 14.8. The maximum absolute atomic E-state index is 5.80. The maximum atomic E-state index is 5.80. The average molecular weight is 285 g/mol. The molecule has 2 heterocycles. The number of fused-ring (bicyclic) bond motifs is 1. The zero-order valence-corrected chi connectivity index (χ0v) is 12.3. The van der Waals surface area contributed by atoms with E-state index in [0.29, 0.717) is 18.2 Å². The largest absolute Gasteiger partial charge is 0.491 e. The van der Waals surface area contributed by atoms with Gasteiger partial charge in [-0.2, -0.15) is 0 Å². The van der Waals surface area contributed by atoms with Gasteiger partial charge in [0.15, 0.2) is 0 Å². The Hall–Kier alpha value is -2.34. The molecule has 110 valence electrons. The Bertz CT molecular complexity index is 659. The minimum atomic E-state index is 0.653. The summed E-state index contributed by atoms with van der Waals surface area (Å²) >= 11 is 0.